The van der Waals surface area contributed by atoms with Crippen LogP contribution in [0.3, 0.4) is 0 Å². The third-order valence-electron chi connectivity index (χ3n) is 6.42. The van der Waals surface area contributed by atoms with Gasteiger partial charge in [0.25, 0.3) is 0 Å². The van der Waals surface area contributed by atoms with Crippen LogP contribution in [0, 0.1) is 11.7 Å². The lowest BCUT2D eigenvalue weighted by Gasteiger charge is -2.41. The summed E-state index contributed by atoms with van der Waals surface area (Å²) >= 11 is 0. The normalized spacial score (nSPS) is 15.5. The maximum atomic E-state index is 13.3. The van der Waals surface area contributed by atoms with E-state index >= 15 is 0 Å². The fraction of sp³-hybridized carbons (Fsp3) is 0.480. The maximum Gasteiger partial charge on any atom is 0.168 e. The Hall–Kier alpha value is -3.20. The van der Waals surface area contributed by atoms with E-state index in [-0.39, 0.29) is 11.9 Å². The second-order valence-corrected chi connectivity index (χ2v) is 8.89. The van der Waals surface area contributed by atoms with E-state index in [1.807, 2.05) is 35.0 Å². The van der Waals surface area contributed by atoms with Crippen LogP contribution < -0.4 is 14.4 Å². The first-order valence-electron chi connectivity index (χ1n) is 11.7. The van der Waals surface area contributed by atoms with E-state index in [0.717, 1.165) is 55.4 Å². The van der Waals surface area contributed by atoms with Crippen LogP contribution in [0.4, 0.5) is 10.1 Å². The molecule has 1 saturated heterocycles. The lowest BCUT2D eigenvalue weighted by molar-refractivity contribution is 0.134. The molecule has 2 heterocycles. The molecule has 1 aromatic heterocycles. The minimum absolute atomic E-state index is 0.121. The predicted octanol–water partition coefficient (Wildman–Crippen LogP) is 3.59. The predicted molar refractivity (Wildman–Crippen MR) is 129 cm³/mol. The summed E-state index contributed by atoms with van der Waals surface area (Å²) in [4.78, 5) is 4.76. The van der Waals surface area contributed by atoms with E-state index in [4.69, 9.17) is 9.47 Å². The number of hydrogen-bond donors (Lipinski definition) is 0. The number of aryl methyl sites for hydroxylation is 2. The number of nitrogens with zero attached hydrogens (tertiary/aromatic N) is 6. The van der Waals surface area contributed by atoms with Crippen molar-refractivity contribution in [3.63, 3.8) is 0 Å². The lowest BCUT2D eigenvalue weighted by atomic mass is 10.0. The number of benzene rings is 2. The van der Waals surface area contributed by atoms with E-state index < -0.39 is 0 Å². The van der Waals surface area contributed by atoms with Gasteiger partial charge in [0.15, 0.2) is 17.3 Å². The molecular weight excluding hydrogens is 435 g/mol. The van der Waals surface area contributed by atoms with Crippen molar-refractivity contribution in [2.75, 3.05) is 45.3 Å². The monoisotopic (exact) mass is 468 g/mol. The third-order valence-corrected chi connectivity index (χ3v) is 6.42. The van der Waals surface area contributed by atoms with Crippen molar-refractivity contribution in [2.45, 2.75) is 32.9 Å². The fourth-order valence-electron chi connectivity index (χ4n) is 4.65. The van der Waals surface area contributed by atoms with E-state index in [1.165, 1.54) is 12.1 Å². The first-order chi connectivity index (χ1) is 16.5. The Morgan fingerprint density at radius 1 is 0.941 bits per heavy atom. The Morgan fingerprint density at radius 2 is 1.65 bits per heavy atom. The summed E-state index contributed by atoms with van der Waals surface area (Å²) in [5, 5.41) is 12.7. The zero-order chi connectivity index (χ0) is 24.1. The number of piperazine rings is 1. The quantitative estimate of drug-likeness (QED) is 0.475. The molecule has 4 rings (SSSR count). The molecule has 9 heteroatoms. The van der Waals surface area contributed by atoms with Gasteiger partial charge < -0.3 is 14.4 Å². The SMILES string of the molecule is COc1ccc(CCn2nnnc2C(C(C)C)N2CCN(c3ccc(F)cc3)CC2)cc1OC. The molecule has 2 aromatic carbocycles. The number of halogens is 1. The Kier molecular flexibility index (Phi) is 7.62. The van der Waals surface area contributed by atoms with Crippen LogP contribution in [0.1, 0.15) is 31.3 Å². The third kappa shape index (κ3) is 5.30. The van der Waals surface area contributed by atoms with Crippen molar-refractivity contribution in [2.24, 2.45) is 5.92 Å². The molecule has 1 aliphatic heterocycles. The zero-order valence-corrected chi connectivity index (χ0v) is 20.3. The molecule has 1 atom stereocenters. The van der Waals surface area contributed by atoms with Gasteiger partial charge in [-0.15, -0.1) is 5.10 Å². The maximum absolute atomic E-state index is 13.3. The highest BCUT2D eigenvalue weighted by Crippen LogP contribution is 2.30. The molecule has 0 amide bonds. The molecule has 1 fully saturated rings. The number of anilines is 1. The van der Waals surface area contributed by atoms with Crippen molar-refractivity contribution >= 4 is 5.69 Å². The summed E-state index contributed by atoms with van der Waals surface area (Å²) in [7, 11) is 3.28. The van der Waals surface area contributed by atoms with Crippen LogP contribution in [0.5, 0.6) is 11.5 Å². The average molecular weight is 469 g/mol. The Morgan fingerprint density at radius 3 is 2.29 bits per heavy atom. The number of hydrogen-bond acceptors (Lipinski definition) is 7. The van der Waals surface area contributed by atoms with Gasteiger partial charge in [-0.3, -0.25) is 4.90 Å². The second-order valence-electron chi connectivity index (χ2n) is 8.89. The molecular formula is C25H33FN6O2. The molecule has 0 spiro atoms. The van der Waals surface area contributed by atoms with Crippen LogP contribution in [0.25, 0.3) is 0 Å². The highest BCUT2D eigenvalue weighted by molar-refractivity contribution is 5.46. The van der Waals surface area contributed by atoms with Gasteiger partial charge in [0.1, 0.15) is 5.82 Å². The number of tetrazole rings is 1. The first-order valence-corrected chi connectivity index (χ1v) is 11.7. The summed E-state index contributed by atoms with van der Waals surface area (Å²) in [6.07, 6.45) is 0.779. The molecule has 1 aliphatic rings. The van der Waals surface area contributed by atoms with Gasteiger partial charge in [0.2, 0.25) is 0 Å². The van der Waals surface area contributed by atoms with E-state index in [0.29, 0.717) is 18.2 Å². The van der Waals surface area contributed by atoms with Crippen molar-refractivity contribution < 1.29 is 13.9 Å². The molecule has 34 heavy (non-hydrogen) atoms. The minimum atomic E-state index is -0.206. The van der Waals surface area contributed by atoms with Crippen molar-refractivity contribution in [1.82, 2.24) is 25.1 Å². The van der Waals surface area contributed by atoms with E-state index in [9.17, 15) is 4.39 Å². The average Bonchev–Trinajstić information content (AvgIpc) is 3.31. The highest BCUT2D eigenvalue weighted by atomic mass is 19.1. The van der Waals surface area contributed by atoms with Crippen molar-refractivity contribution in [3.8, 4) is 11.5 Å². The summed E-state index contributed by atoms with van der Waals surface area (Å²) in [6, 6.07) is 12.8. The van der Waals surface area contributed by atoms with E-state index in [1.54, 1.807) is 14.2 Å². The van der Waals surface area contributed by atoms with Gasteiger partial charge in [0.05, 0.1) is 20.3 Å². The topological polar surface area (TPSA) is 68.5 Å². The molecule has 0 bridgehead atoms. The van der Waals surface area contributed by atoms with Crippen molar-refractivity contribution in [1.29, 1.82) is 0 Å². The molecule has 8 nitrogen and oxygen atoms in total. The molecule has 1 unspecified atom stereocenters. The van der Waals surface area contributed by atoms with Gasteiger partial charge >= 0.3 is 0 Å². The van der Waals surface area contributed by atoms with E-state index in [2.05, 4.69) is 39.2 Å². The Bertz CT molecular complexity index is 1060. The van der Waals surface area contributed by atoms with Crippen LogP contribution in [-0.4, -0.2) is 65.5 Å². The van der Waals surface area contributed by atoms with Crippen LogP contribution in [-0.2, 0) is 13.0 Å². The lowest BCUT2D eigenvalue weighted by Crippen LogP contribution is -2.49. The van der Waals surface area contributed by atoms with Gasteiger partial charge in [-0.25, -0.2) is 9.07 Å². The summed E-state index contributed by atoms with van der Waals surface area (Å²) in [5.74, 6) is 2.47. The number of aromatic nitrogens is 4. The highest BCUT2D eigenvalue weighted by Gasteiger charge is 2.31. The largest absolute Gasteiger partial charge is 0.493 e. The first kappa shape index (κ1) is 23.9. The van der Waals surface area contributed by atoms with Gasteiger partial charge in [-0.05, 0) is 64.7 Å². The van der Waals surface area contributed by atoms with Gasteiger partial charge in [0, 0.05) is 38.4 Å². The zero-order valence-electron chi connectivity index (χ0n) is 20.3. The second kappa shape index (κ2) is 10.8. The summed E-state index contributed by atoms with van der Waals surface area (Å²) in [5.41, 5.74) is 2.19. The molecule has 0 saturated carbocycles. The fourth-order valence-corrected chi connectivity index (χ4v) is 4.65. The molecule has 0 radical (unpaired) electrons. The standard InChI is InChI=1S/C25H33FN6O2/c1-18(2)24(31-15-13-30(14-16-31)21-8-6-20(26)7-9-21)25-27-28-29-32(25)12-11-19-5-10-22(33-3)23(17-19)34-4/h5-10,17-18,24H,11-16H2,1-4H3. The Labute approximate surface area is 200 Å². The van der Waals surface area contributed by atoms with Crippen LogP contribution in [0.2, 0.25) is 0 Å². The molecule has 182 valence electrons. The van der Waals surface area contributed by atoms with Crippen LogP contribution in [0.15, 0.2) is 42.5 Å². The minimum Gasteiger partial charge on any atom is -0.493 e. The van der Waals surface area contributed by atoms with Crippen LogP contribution >= 0.6 is 0 Å². The van der Waals surface area contributed by atoms with Gasteiger partial charge in [-0.1, -0.05) is 19.9 Å². The molecule has 3 aromatic rings. The van der Waals surface area contributed by atoms with Crippen molar-refractivity contribution in [3.05, 3.63) is 59.7 Å². The summed E-state index contributed by atoms with van der Waals surface area (Å²) in [6.45, 7) is 8.64. The van der Waals surface area contributed by atoms with Gasteiger partial charge in [-0.2, -0.15) is 0 Å². The Balaban J connectivity index is 1.44. The molecule has 0 aliphatic carbocycles. The number of rotatable bonds is 9. The molecule has 0 N–H and O–H groups in total. The summed E-state index contributed by atoms with van der Waals surface area (Å²) < 4.78 is 26.0. The smallest absolute Gasteiger partial charge is 0.168 e. The number of ether oxygens (including phenoxy) is 2. The number of methoxy groups -OCH3 is 2.